The first-order chi connectivity index (χ1) is 15.0. The van der Waals surface area contributed by atoms with Crippen LogP contribution >= 0.6 is 0 Å². The Morgan fingerprint density at radius 2 is 1.77 bits per heavy atom. The number of carbonyl (C=O) groups excluding carboxylic acids is 2. The summed E-state index contributed by atoms with van der Waals surface area (Å²) in [6, 6.07) is 12.4. The Bertz CT molecular complexity index is 1010. The van der Waals surface area contributed by atoms with Crippen molar-refractivity contribution in [1.29, 1.82) is 0 Å². The number of likely N-dealkylation sites (N-methyl/N-ethyl adjacent to an activating group) is 1. The van der Waals surface area contributed by atoms with Gasteiger partial charge in [0.2, 0.25) is 0 Å². The third kappa shape index (κ3) is 5.55. The van der Waals surface area contributed by atoms with E-state index >= 15 is 0 Å². The van der Waals surface area contributed by atoms with Gasteiger partial charge in [-0.3, -0.25) is 9.59 Å². The SMILES string of the molecule is CCN(CC)CCNC(=O)c1ccc(NC(=O)c2cnn(-c3ccccn3)c2C)cc1. The van der Waals surface area contributed by atoms with E-state index in [1.165, 1.54) is 6.20 Å². The average Bonchev–Trinajstić information content (AvgIpc) is 3.19. The molecule has 2 amide bonds. The van der Waals surface area contributed by atoms with E-state index in [2.05, 4.69) is 39.5 Å². The minimum Gasteiger partial charge on any atom is -0.351 e. The highest BCUT2D eigenvalue weighted by Gasteiger charge is 2.16. The topological polar surface area (TPSA) is 92.2 Å². The largest absolute Gasteiger partial charge is 0.351 e. The molecule has 0 aliphatic rings. The summed E-state index contributed by atoms with van der Waals surface area (Å²) in [4.78, 5) is 31.5. The number of carbonyl (C=O) groups is 2. The van der Waals surface area contributed by atoms with Gasteiger partial charge < -0.3 is 15.5 Å². The summed E-state index contributed by atoms with van der Waals surface area (Å²) in [5, 5.41) is 10.1. The lowest BCUT2D eigenvalue weighted by Crippen LogP contribution is -2.34. The molecule has 0 spiro atoms. The number of nitrogens with one attached hydrogen (secondary N) is 2. The molecule has 0 aliphatic heterocycles. The molecular formula is C23H28N6O2. The summed E-state index contributed by atoms with van der Waals surface area (Å²) in [6.45, 7) is 9.36. The van der Waals surface area contributed by atoms with Crippen molar-refractivity contribution in [3.63, 3.8) is 0 Å². The smallest absolute Gasteiger partial charge is 0.259 e. The van der Waals surface area contributed by atoms with Gasteiger partial charge in [0.25, 0.3) is 11.8 Å². The highest BCUT2D eigenvalue weighted by Crippen LogP contribution is 2.15. The van der Waals surface area contributed by atoms with Gasteiger partial charge in [-0.15, -0.1) is 0 Å². The van der Waals surface area contributed by atoms with E-state index in [-0.39, 0.29) is 11.8 Å². The normalized spacial score (nSPS) is 10.8. The van der Waals surface area contributed by atoms with Crippen LogP contribution in [-0.2, 0) is 0 Å². The van der Waals surface area contributed by atoms with Crippen molar-refractivity contribution in [3.05, 3.63) is 71.7 Å². The zero-order chi connectivity index (χ0) is 22.2. The van der Waals surface area contributed by atoms with Crippen LogP contribution in [0.15, 0.2) is 54.9 Å². The Kier molecular flexibility index (Phi) is 7.50. The number of aromatic nitrogens is 3. The number of pyridine rings is 1. The molecule has 0 atom stereocenters. The van der Waals surface area contributed by atoms with Gasteiger partial charge in [-0.25, -0.2) is 9.67 Å². The fraction of sp³-hybridized carbons (Fsp3) is 0.304. The Morgan fingerprint density at radius 3 is 2.42 bits per heavy atom. The molecule has 2 N–H and O–H groups in total. The summed E-state index contributed by atoms with van der Waals surface area (Å²) in [7, 11) is 0. The van der Waals surface area contributed by atoms with Crippen molar-refractivity contribution >= 4 is 17.5 Å². The molecule has 3 rings (SSSR count). The third-order valence-corrected chi connectivity index (χ3v) is 5.13. The molecule has 8 nitrogen and oxygen atoms in total. The molecule has 0 fully saturated rings. The summed E-state index contributed by atoms with van der Waals surface area (Å²) < 4.78 is 1.63. The number of amides is 2. The van der Waals surface area contributed by atoms with E-state index < -0.39 is 0 Å². The van der Waals surface area contributed by atoms with Gasteiger partial charge in [-0.1, -0.05) is 19.9 Å². The molecule has 3 aromatic rings. The third-order valence-electron chi connectivity index (χ3n) is 5.13. The lowest BCUT2D eigenvalue weighted by atomic mass is 10.2. The molecule has 162 valence electrons. The number of nitrogens with zero attached hydrogens (tertiary/aromatic N) is 4. The molecule has 0 unspecified atom stereocenters. The van der Waals surface area contributed by atoms with Crippen LogP contribution < -0.4 is 10.6 Å². The number of benzene rings is 1. The van der Waals surface area contributed by atoms with Crippen LogP contribution in [0.4, 0.5) is 5.69 Å². The number of rotatable bonds is 9. The number of hydrogen-bond donors (Lipinski definition) is 2. The van der Waals surface area contributed by atoms with Crippen molar-refractivity contribution in [3.8, 4) is 5.82 Å². The quantitative estimate of drug-likeness (QED) is 0.555. The highest BCUT2D eigenvalue weighted by atomic mass is 16.2. The average molecular weight is 421 g/mol. The summed E-state index contributed by atoms with van der Waals surface area (Å²) in [5.74, 6) is 0.254. The molecule has 2 heterocycles. The van der Waals surface area contributed by atoms with Gasteiger partial charge in [0, 0.05) is 30.5 Å². The monoisotopic (exact) mass is 420 g/mol. The van der Waals surface area contributed by atoms with Crippen LogP contribution in [0.2, 0.25) is 0 Å². The first kappa shape index (κ1) is 22.2. The second-order valence-electron chi connectivity index (χ2n) is 7.06. The summed E-state index contributed by atoms with van der Waals surface area (Å²) >= 11 is 0. The lowest BCUT2D eigenvalue weighted by Gasteiger charge is -2.18. The van der Waals surface area contributed by atoms with Gasteiger partial charge in [-0.2, -0.15) is 5.10 Å². The van der Waals surface area contributed by atoms with Gasteiger partial charge in [0.1, 0.15) is 0 Å². The maximum atomic E-state index is 12.7. The van der Waals surface area contributed by atoms with Crippen LogP contribution in [0.25, 0.3) is 5.82 Å². The minimum absolute atomic E-state index is 0.127. The molecule has 0 saturated heterocycles. The van der Waals surface area contributed by atoms with Crippen molar-refractivity contribution in [2.45, 2.75) is 20.8 Å². The fourth-order valence-corrected chi connectivity index (χ4v) is 3.22. The Balaban J connectivity index is 1.59. The Hall–Kier alpha value is -3.52. The Labute approximate surface area is 182 Å². The Morgan fingerprint density at radius 1 is 1.03 bits per heavy atom. The predicted octanol–water partition coefficient (Wildman–Crippen LogP) is 2.90. The van der Waals surface area contributed by atoms with E-state index in [9.17, 15) is 9.59 Å². The van der Waals surface area contributed by atoms with Crippen molar-refractivity contribution in [1.82, 2.24) is 25.0 Å². The predicted molar refractivity (Wildman–Crippen MR) is 121 cm³/mol. The van der Waals surface area contributed by atoms with Gasteiger partial charge in [-0.05, 0) is 56.4 Å². The van der Waals surface area contributed by atoms with Crippen molar-refractivity contribution in [2.75, 3.05) is 31.5 Å². The zero-order valence-corrected chi connectivity index (χ0v) is 18.1. The van der Waals surface area contributed by atoms with Crippen LogP contribution in [0.5, 0.6) is 0 Å². The van der Waals surface area contributed by atoms with Gasteiger partial charge >= 0.3 is 0 Å². The number of anilines is 1. The number of hydrogen-bond acceptors (Lipinski definition) is 5. The maximum absolute atomic E-state index is 12.7. The van der Waals surface area contributed by atoms with E-state index in [4.69, 9.17) is 0 Å². The van der Waals surface area contributed by atoms with Crippen LogP contribution in [0.1, 0.15) is 40.3 Å². The van der Waals surface area contributed by atoms with E-state index in [1.807, 2.05) is 25.1 Å². The zero-order valence-electron chi connectivity index (χ0n) is 18.1. The molecule has 0 saturated carbocycles. The van der Waals surface area contributed by atoms with Crippen LogP contribution in [0.3, 0.4) is 0 Å². The maximum Gasteiger partial charge on any atom is 0.259 e. The molecule has 2 aromatic heterocycles. The van der Waals surface area contributed by atoms with Crippen molar-refractivity contribution < 1.29 is 9.59 Å². The van der Waals surface area contributed by atoms with Crippen molar-refractivity contribution in [2.24, 2.45) is 0 Å². The molecule has 0 aliphatic carbocycles. The second kappa shape index (κ2) is 10.5. The van der Waals surface area contributed by atoms with Crippen LogP contribution in [-0.4, -0.2) is 57.7 Å². The second-order valence-corrected chi connectivity index (χ2v) is 7.06. The highest BCUT2D eigenvalue weighted by molar-refractivity contribution is 6.05. The summed E-state index contributed by atoms with van der Waals surface area (Å²) in [5.41, 5.74) is 2.32. The molecule has 31 heavy (non-hydrogen) atoms. The molecule has 1 aromatic carbocycles. The fourth-order valence-electron chi connectivity index (χ4n) is 3.22. The lowest BCUT2D eigenvalue weighted by molar-refractivity contribution is 0.0948. The molecule has 0 bridgehead atoms. The van der Waals surface area contributed by atoms with Gasteiger partial charge in [0.05, 0.1) is 17.5 Å². The first-order valence-electron chi connectivity index (χ1n) is 10.4. The molecule has 8 heteroatoms. The molecular weight excluding hydrogens is 392 g/mol. The minimum atomic E-state index is -0.267. The summed E-state index contributed by atoms with van der Waals surface area (Å²) in [6.07, 6.45) is 3.20. The molecule has 0 radical (unpaired) electrons. The van der Waals surface area contributed by atoms with Gasteiger partial charge in [0.15, 0.2) is 5.82 Å². The van der Waals surface area contributed by atoms with E-state index in [0.29, 0.717) is 34.9 Å². The van der Waals surface area contributed by atoms with E-state index in [1.54, 1.807) is 35.1 Å². The first-order valence-corrected chi connectivity index (χ1v) is 10.4. The van der Waals surface area contributed by atoms with E-state index in [0.717, 1.165) is 19.6 Å². The van der Waals surface area contributed by atoms with Crippen LogP contribution in [0, 0.1) is 6.92 Å². The standard InChI is InChI=1S/C23H28N6O2/c1-4-28(5-2)15-14-25-22(30)18-9-11-19(12-10-18)27-23(31)20-16-26-29(17(20)3)21-8-6-7-13-24-21/h6-13,16H,4-5,14-15H2,1-3H3,(H,25,30)(H,27,31).